The highest BCUT2D eigenvalue weighted by molar-refractivity contribution is 5.96. The van der Waals surface area contributed by atoms with Crippen LogP contribution in [0.25, 0.3) is 65.7 Å². The molecule has 8 heterocycles. The Balaban J connectivity index is 0.000000125. The monoisotopic (exact) mass is 1320 g/mol. The van der Waals surface area contributed by atoms with Crippen LogP contribution < -0.4 is 20.9 Å². The number of H-pyrrole nitrogens is 1. The van der Waals surface area contributed by atoms with Gasteiger partial charge in [-0.25, -0.2) is 9.18 Å². The third-order valence-electron chi connectivity index (χ3n) is 17.1. The molecule has 16 rings (SSSR count). The van der Waals surface area contributed by atoms with E-state index in [0.717, 1.165) is 96.8 Å². The predicted molar refractivity (Wildman–Crippen MR) is 367 cm³/mol. The van der Waals surface area contributed by atoms with Crippen LogP contribution in [0.3, 0.4) is 0 Å². The number of halogens is 1. The number of para-hydroxylation sites is 6. The van der Waals surface area contributed by atoms with Crippen molar-refractivity contribution in [1.29, 1.82) is 0 Å². The van der Waals surface area contributed by atoms with Crippen LogP contribution in [-0.4, -0.2) is 107 Å². The fraction of sp³-hybridized carbons (Fsp3) is 0.222. The molecular weight excluding hydrogens is 1250 g/mol. The third-order valence-corrected chi connectivity index (χ3v) is 17.1. The number of ether oxygens (including phenoxy) is 1. The SMILES string of the molecule is CCOC(=O)c1cc2cccc([N+](=O)[O-])c2o1.Fc1ccc2[nH]cc(C3CCC(N4CCN(c5cccc6ccoc56)CC4)CC3)c2c1.Nc1cccc2ccoc12.O=Cc1cccc([N+](=O)[O-])c1O.O=[N+]([O-])c1cccc2ccoc12.c1cc(N2CCNCC2)c2occc2c1. The number of carbonyl (C=O) groups is 2. The van der Waals surface area contributed by atoms with E-state index in [9.17, 15) is 44.3 Å². The molecule has 13 aromatic rings. The summed E-state index contributed by atoms with van der Waals surface area (Å²) >= 11 is 0. The number of furan rings is 5. The van der Waals surface area contributed by atoms with Gasteiger partial charge in [-0.05, 0) is 117 Å². The first-order chi connectivity index (χ1) is 47.2. The number of non-ortho nitro benzene ring substituents is 2. The summed E-state index contributed by atoms with van der Waals surface area (Å²) in [7, 11) is 0. The number of nitrogens with zero attached hydrogens (tertiary/aromatic N) is 6. The van der Waals surface area contributed by atoms with Gasteiger partial charge < -0.3 is 57.8 Å². The molecule has 6 aromatic heterocycles. The second-order valence-corrected chi connectivity index (χ2v) is 22.9. The Morgan fingerprint density at radius 2 is 1.11 bits per heavy atom. The highest BCUT2D eigenvalue weighted by Gasteiger charge is 2.31. The van der Waals surface area contributed by atoms with Crippen molar-refractivity contribution in [3.8, 4) is 5.75 Å². The van der Waals surface area contributed by atoms with Crippen LogP contribution in [0.2, 0.25) is 0 Å². The average Bonchev–Trinajstić information content (AvgIpc) is 1.78. The zero-order chi connectivity index (χ0) is 68.0. The summed E-state index contributed by atoms with van der Waals surface area (Å²) in [4.78, 5) is 62.2. The van der Waals surface area contributed by atoms with Crippen molar-refractivity contribution in [1.82, 2.24) is 15.2 Å². The van der Waals surface area contributed by atoms with Crippen molar-refractivity contribution in [3.63, 3.8) is 0 Å². The van der Waals surface area contributed by atoms with Crippen molar-refractivity contribution in [2.24, 2.45) is 0 Å². The average molecular weight is 1320 g/mol. The van der Waals surface area contributed by atoms with Gasteiger partial charge in [0, 0.05) is 121 Å². The van der Waals surface area contributed by atoms with E-state index in [1.54, 1.807) is 56.0 Å². The van der Waals surface area contributed by atoms with Crippen LogP contribution in [0, 0.1) is 36.2 Å². The number of benzene rings is 7. The Morgan fingerprint density at radius 1 is 0.608 bits per heavy atom. The number of aromatic hydroxyl groups is 1. The van der Waals surface area contributed by atoms with Crippen molar-refractivity contribution < 1.29 is 60.7 Å². The number of esters is 1. The largest absolute Gasteiger partial charge is 0.502 e. The summed E-state index contributed by atoms with van der Waals surface area (Å²) in [5, 5.41) is 49.6. The minimum atomic E-state index is -0.748. The number of nitrogens with one attached hydrogen (secondary N) is 2. The Morgan fingerprint density at radius 3 is 1.69 bits per heavy atom. The molecule has 1 aliphatic carbocycles. The summed E-state index contributed by atoms with van der Waals surface area (Å²) in [6.45, 7) is 10.4. The fourth-order valence-electron chi connectivity index (χ4n) is 12.3. The lowest BCUT2D eigenvalue weighted by atomic mass is 9.81. The van der Waals surface area contributed by atoms with E-state index < -0.39 is 32.2 Å². The first kappa shape index (κ1) is 66.6. The van der Waals surface area contributed by atoms with Gasteiger partial charge in [0.05, 0.1) is 69.1 Å². The van der Waals surface area contributed by atoms with Gasteiger partial charge in [0.15, 0.2) is 23.0 Å². The van der Waals surface area contributed by atoms with E-state index in [1.807, 2.05) is 42.5 Å². The van der Waals surface area contributed by atoms with E-state index in [1.165, 1.54) is 102 Å². The number of piperazine rings is 2. The highest BCUT2D eigenvalue weighted by atomic mass is 19.1. The molecule has 97 heavy (non-hydrogen) atoms. The molecule has 24 nitrogen and oxygen atoms in total. The smallest absolute Gasteiger partial charge is 0.374 e. The number of aldehydes is 1. The van der Waals surface area contributed by atoms with Gasteiger partial charge in [0.2, 0.25) is 22.7 Å². The Labute approximate surface area is 552 Å². The van der Waals surface area contributed by atoms with Gasteiger partial charge in [0.25, 0.3) is 0 Å². The number of aromatic nitrogens is 1. The molecule has 3 fully saturated rings. The summed E-state index contributed by atoms with van der Waals surface area (Å²) < 4.78 is 45.1. The second-order valence-electron chi connectivity index (χ2n) is 22.9. The summed E-state index contributed by atoms with van der Waals surface area (Å²) in [5.74, 6) is -0.860. The van der Waals surface area contributed by atoms with Gasteiger partial charge in [0.1, 0.15) is 5.82 Å². The third kappa shape index (κ3) is 15.6. The van der Waals surface area contributed by atoms with Crippen LogP contribution in [0.5, 0.6) is 5.75 Å². The molecular formula is C72H68FN9O15. The number of anilines is 3. The van der Waals surface area contributed by atoms with Crippen LogP contribution in [0.15, 0.2) is 211 Å². The highest BCUT2D eigenvalue weighted by Crippen LogP contribution is 2.40. The summed E-state index contributed by atoms with van der Waals surface area (Å²) in [6, 6.07) is 46.3. The number of nitro groups is 3. The Bertz CT molecular complexity index is 4870. The number of hydrogen-bond acceptors (Lipinski definition) is 20. The maximum absolute atomic E-state index is 13.8. The molecule has 2 aliphatic heterocycles. The molecule has 3 aliphatic rings. The van der Waals surface area contributed by atoms with Crippen molar-refractivity contribution >= 4 is 112 Å². The minimum absolute atomic E-state index is 0.0116. The van der Waals surface area contributed by atoms with Gasteiger partial charge in [-0.2, -0.15) is 0 Å². The van der Waals surface area contributed by atoms with E-state index >= 15 is 0 Å². The Kier molecular flexibility index (Phi) is 21.3. The quantitative estimate of drug-likeness (QED) is 0.0325. The number of nitrogens with two attached hydrogens (primary N) is 1. The normalized spacial score (nSPS) is 15.4. The number of phenolic OH excluding ortho intramolecular Hbond substituents is 1. The number of phenols is 1. The molecule has 498 valence electrons. The molecule has 0 atom stereocenters. The minimum Gasteiger partial charge on any atom is -0.502 e. The van der Waals surface area contributed by atoms with Crippen LogP contribution in [0.4, 0.5) is 38.5 Å². The first-order valence-corrected chi connectivity index (χ1v) is 31.4. The van der Waals surface area contributed by atoms with E-state index in [4.69, 9.17) is 37.7 Å². The maximum Gasteiger partial charge on any atom is 0.374 e. The predicted octanol–water partition coefficient (Wildman–Crippen LogP) is 15.7. The zero-order valence-corrected chi connectivity index (χ0v) is 52.6. The van der Waals surface area contributed by atoms with Crippen LogP contribution in [-0.2, 0) is 4.74 Å². The topological polar surface area (TPSA) is 322 Å². The maximum atomic E-state index is 13.8. The van der Waals surface area contributed by atoms with E-state index in [0.29, 0.717) is 34.9 Å². The molecule has 7 aromatic carbocycles. The first-order valence-electron chi connectivity index (χ1n) is 31.4. The van der Waals surface area contributed by atoms with Crippen LogP contribution >= 0.6 is 0 Å². The lowest BCUT2D eigenvalue weighted by molar-refractivity contribution is -0.385. The van der Waals surface area contributed by atoms with Gasteiger partial charge in [-0.1, -0.05) is 66.7 Å². The molecule has 0 amide bonds. The molecule has 5 N–H and O–H groups in total. The van der Waals surface area contributed by atoms with Crippen molar-refractivity contribution in [2.75, 3.05) is 74.5 Å². The Hall–Kier alpha value is -11.8. The number of hydrogen-bond donors (Lipinski definition) is 4. The lowest BCUT2D eigenvalue weighted by Gasteiger charge is -2.42. The second kappa shape index (κ2) is 30.9. The van der Waals surface area contributed by atoms with Gasteiger partial charge >= 0.3 is 23.0 Å². The molecule has 25 heteroatoms. The van der Waals surface area contributed by atoms with Crippen molar-refractivity contribution in [3.05, 3.63) is 242 Å². The molecule has 0 unspecified atom stereocenters. The fourth-order valence-corrected chi connectivity index (χ4v) is 12.3. The number of rotatable bonds is 10. The number of nitro benzene ring substituents is 3. The lowest BCUT2D eigenvalue weighted by Crippen LogP contribution is -2.51. The van der Waals surface area contributed by atoms with Gasteiger partial charge in [-0.3, -0.25) is 40.0 Å². The summed E-state index contributed by atoms with van der Waals surface area (Å²) in [6.07, 6.45) is 13.9. The molecule has 0 spiro atoms. The number of fused-ring (bicyclic) bond motifs is 6. The number of carbonyl (C=O) groups excluding carboxylic acids is 2. The molecule has 1 saturated carbocycles. The van der Waals surface area contributed by atoms with E-state index in [2.05, 4.69) is 67.6 Å². The number of nitrogen functional groups attached to an aromatic ring is 1. The number of aromatic amines is 1. The van der Waals surface area contributed by atoms with Crippen molar-refractivity contribution in [2.45, 2.75) is 44.6 Å². The molecule has 0 radical (unpaired) electrons. The zero-order valence-electron chi connectivity index (χ0n) is 52.6. The van der Waals surface area contributed by atoms with Gasteiger partial charge in [-0.15, -0.1) is 0 Å². The van der Waals surface area contributed by atoms with E-state index in [-0.39, 0.29) is 40.7 Å². The molecule has 2 saturated heterocycles. The standard InChI is InChI=1S/C26H28FN3O.C12H14N2O.C11H9NO5.C8H5NO3.C8H7NO.C7H5NO4/c27-20-6-9-24-22(16-20)23(17-28-24)18-4-7-21(8-5-18)29-11-13-30(14-12-29)25-3-1-2-19-10-15-31-26(19)25;1-2-10-4-9-15-12(10)11(3-1)14-7-5-13-6-8-14;1-2-16-11(13)9-6-7-4-3-5-8(12(14)15)10(7)17-9;10-9(11)7-3-1-2-6-4-5-12-8(6)7;9-7-3-1-2-6-4-5-10-8(6)7;9-4-5-2-1-3-6(7(5)10)8(11)12/h1-3,6,9-10,15-18,21,28H,4-5,7-8,11-14H2;1-4,9,13H,5-8H2;3-6H,2H2,1H3;1-5H;1-5H,9H2;1-4,10H. The van der Waals surface area contributed by atoms with Crippen LogP contribution in [0.1, 0.15) is 65.0 Å². The molecule has 0 bridgehead atoms. The summed E-state index contributed by atoms with van der Waals surface area (Å²) in [5.41, 5.74) is 13.6.